The Balaban J connectivity index is 0.923. The number of aryl methyl sites for hydroxylation is 2. The number of aromatic amines is 2. The van der Waals surface area contributed by atoms with E-state index in [9.17, 15) is 9.59 Å². The first kappa shape index (κ1) is 25.7. The van der Waals surface area contributed by atoms with Gasteiger partial charge in [0.25, 0.3) is 0 Å². The summed E-state index contributed by atoms with van der Waals surface area (Å²) in [5.74, 6) is -0.321. The number of unbranched alkanes of at least 4 members (excludes halogenated alkanes) is 1. The van der Waals surface area contributed by atoms with Crippen LogP contribution in [0, 0.1) is 0 Å². The van der Waals surface area contributed by atoms with Crippen LogP contribution in [0.25, 0.3) is 22.1 Å². The van der Waals surface area contributed by atoms with Crippen LogP contribution in [0.5, 0.6) is 0 Å². The summed E-state index contributed by atoms with van der Waals surface area (Å²) >= 11 is 2.76. The second-order valence-corrected chi connectivity index (χ2v) is 11.2. The minimum absolute atomic E-state index is 0.161. The van der Waals surface area contributed by atoms with Crippen LogP contribution >= 0.6 is 22.7 Å². The molecule has 6 aromatic heterocycles. The highest BCUT2D eigenvalue weighted by molar-refractivity contribution is 7.15. The Morgan fingerprint density at radius 1 is 0.700 bits per heavy atom. The molecule has 0 fully saturated rings. The predicted molar refractivity (Wildman–Crippen MR) is 153 cm³/mol. The summed E-state index contributed by atoms with van der Waals surface area (Å²) in [5.41, 5.74) is 5.06. The summed E-state index contributed by atoms with van der Waals surface area (Å²) in [6, 6.07) is 7.55. The van der Waals surface area contributed by atoms with E-state index >= 15 is 0 Å². The quantitative estimate of drug-likeness (QED) is 0.169. The molecule has 202 valence electrons. The molecule has 0 radical (unpaired) electrons. The van der Waals surface area contributed by atoms with Gasteiger partial charge in [0, 0.05) is 48.8 Å². The third kappa shape index (κ3) is 6.02. The zero-order valence-corrected chi connectivity index (χ0v) is 22.8. The molecule has 0 aliphatic rings. The lowest BCUT2D eigenvalue weighted by molar-refractivity contribution is -0.116. The van der Waals surface area contributed by atoms with Gasteiger partial charge in [-0.15, -0.1) is 20.4 Å². The number of rotatable bonds is 11. The Morgan fingerprint density at radius 2 is 1.18 bits per heavy atom. The third-order valence-electron chi connectivity index (χ3n) is 6.19. The molecule has 6 rings (SSSR count). The molecule has 4 N–H and O–H groups in total. The fourth-order valence-electron chi connectivity index (χ4n) is 4.33. The van der Waals surface area contributed by atoms with E-state index in [0.717, 1.165) is 68.9 Å². The number of hydrogen-bond donors (Lipinski definition) is 4. The highest BCUT2D eigenvalue weighted by Crippen LogP contribution is 2.22. The van der Waals surface area contributed by atoms with E-state index in [1.165, 1.54) is 22.7 Å². The number of hydrogen-bond acceptors (Lipinski definition) is 10. The van der Waals surface area contributed by atoms with Crippen molar-refractivity contribution in [2.75, 3.05) is 10.6 Å². The first-order valence-electron chi connectivity index (χ1n) is 12.7. The molecule has 14 heteroatoms. The Kier molecular flexibility index (Phi) is 7.50. The SMILES string of the molecule is O=C(Cc1c[nH]c2cccnc12)Nc1nnc(CCCCc2nnc(NC(=O)Cc3c[nH]c4cccnc34)s2)s1. The van der Waals surface area contributed by atoms with Gasteiger partial charge >= 0.3 is 0 Å². The maximum atomic E-state index is 12.5. The van der Waals surface area contributed by atoms with Crippen LogP contribution in [-0.2, 0) is 35.3 Å². The zero-order chi connectivity index (χ0) is 27.3. The first-order valence-corrected chi connectivity index (χ1v) is 14.3. The minimum atomic E-state index is -0.161. The van der Waals surface area contributed by atoms with Crippen LogP contribution < -0.4 is 10.6 Å². The van der Waals surface area contributed by atoms with Gasteiger partial charge in [0.2, 0.25) is 22.1 Å². The summed E-state index contributed by atoms with van der Waals surface area (Å²) in [4.78, 5) is 39.9. The van der Waals surface area contributed by atoms with Crippen molar-refractivity contribution in [3.63, 3.8) is 0 Å². The van der Waals surface area contributed by atoms with Gasteiger partial charge in [0.15, 0.2) is 0 Å². The van der Waals surface area contributed by atoms with Crippen LogP contribution in [-0.4, -0.2) is 52.1 Å². The van der Waals surface area contributed by atoms with Crippen molar-refractivity contribution < 1.29 is 9.59 Å². The van der Waals surface area contributed by atoms with E-state index < -0.39 is 0 Å². The lowest BCUT2D eigenvalue weighted by Crippen LogP contribution is -2.14. The number of pyridine rings is 2. The van der Waals surface area contributed by atoms with Gasteiger partial charge in [-0.2, -0.15) is 0 Å². The number of aromatic nitrogens is 8. The summed E-state index contributed by atoms with van der Waals surface area (Å²) in [6.45, 7) is 0. The molecule has 0 bridgehead atoms. The number of anilines is 2. The van der Waals surface area contributed by atoms with Gasteiger partial charge < -0.3 is 20.6 Å². The fraction of sp³-hybridized carbons (Fsp3) is 0.231. The van der Waals surface area contributed by atoms with Crippen LogP contribution in [0.3, 0.4) is 0 Å². The number of carbonyl (C=O) groups is 2. The lowest BCUT2D eigenvalue weighted by Gasteiger charge is -2.00. The highest BCUT2D eigenvalue weighted by Gasteiger charge is 2.14. The number of fused-ring (bicyclic) bond motifs is 2. The van der Waals surface area contributed by atoms with Crippen molar-refractivity contribution >= 4 is 66.8 Å². The highest BCUT2D eigenvalue weighted by atomic mass is 32.1. The van der Waals surface area contributed by atoms with Gasteiger partial charge in [-0.25, -0.2) is 0 Å². The average molecular weight is 573 g/mol. The maximum Gasteiger partial charge on any atom is 0.230 e. The third-order valence-corrected chi connectivity index (χ3v) is 7.98. The molecule has 12 nitrogen and oxygen atoms in total. The van der Waals surface area contributed by atoms with Crippen molar-refractivity contribution in [2.45, 2.75) is 38.5 Å². The van der Waals surface area contributed by atoms with Gasteiger partial charge in [0.05, 0.1) is 34.9 Å². The first-order chi connectivity index (χ1) is 19.6. The lowest BCUT2D eigenvalue weighted by atomic mass is 10.2. The number of amides is 2. The molecule has 2 amide bonds. The second-order valence-electron chi connectivity index (χ2n) is 9.09. The molecule has 0 aliphatic carbocycles. The Bertz CT molecular complexity index is 1660. The number of H-pyrrole nitrogens is 2. The predicted octanol–water partition coefficient (Wildman–Crippen LogP) is 4.07. The van der Waals surface area contributed by atoms with Gasteiger partial charge in [0.1, 0.15) is 10.0 Å². The largest absolute Gasteiger partial charge is 0.360 e. The summed E-state index contributed by atoms with van der Waals surface area (Å²) < 4.78 is 0. The average Bonchev–Trinajstić information content (AvgIpc) is 3.76. The second kappa shape index (κ2) is 11.7. The number of nitrogens with one attached hydrogen (secondary N) is 4. The van der Waals surface area contributed by atoms with Crippen molar-refractivity contribution in [2.24, 2.45) is 0 Å². The van der Waals surface area contributed by atoms with Crippen molar-refractivity contribution in [3.8, 4) is 0 Å². The van der Waals surface area contributed by atoms with Gasteiger partial charge in [-0.1, -0.05) is 22.7 Å². The molecular weight excluding hydrogens is 548 g/mol. The van der Waals surface area contributed by atoms with Crippen molar-refractivity contribution in [1.29, 1.82) is 0 Å². The molecule has 6 heterocycles. The van der Waals surface area contributed by atoms with E-state index in [1.807, 2.05) is 24.3 Å². The molecule has 0 aliphatic heterocycles. The van der Waals surface area contributed by atoms with E-state index in [2.05, 4.69) is 51.0 Å². The zero-order valence-electron chi connectivity index (χ0n) is 21.2. The molecule has 0 unspecified atom stereocenters. The summed E-state index contributed by atoms with van der Waals surface area (Å²) in [5, 5.41) is 25.0. The molecule has 0 saturated carbocycles. The molecule has 40 heavy (non-hydrogen) atoms. The Hall–Kier alpha value is -4.56. The standard InChI is InChI=1S/C26H24N10O2S2/c37-19(11-15-13-29-17-5-3-9-27-23(15)17)31-25-35-33-21(39-25)7-1-2-8-22-34-36-26(40-22)32-20(38)12-16-14-30-18-6-4-10-28-24(16)18/h3-6,9-10,13-14,29-30H,1-2,7-8,11-12H2,(H,31,35,37)(H,32,36,38). The molecule has 0 aromatic carbocycles. The minimum Gasteiger partial charge on any atom is -0.360 e. The van der Waals surface area contributed by atoms with E-state index in [1.54, 1.807) is 24.8 Å². The maximum absolute atomic E-state index is 12.5. The molecule has 6 aromatic rings. The molecule has 0 atom stereocenters. The Labute approximate surface area is 235 Å². The monoisotopic (exact) mass is 572 g/mol. The molecular formula is C26H24N10O2S2. The van der Waals surface area contributed by atoms with E-state index in [-0.39, 0.29) is 24.7 Å². The van der Waals surface area contributed by atoms with Crippen LogP contribution in [0.2, 0.25) is 0 Å². The van der Waals surface area contributed by atoms with Gasteiger partial charge in [-0.05, 0) is 37.1 Å². The van der Waals surface area contributed by atoms with Gasteiger partial charge in [-0.3, -0.25) is 19.6 Å². The molecule has 0 saturated heterocycles. The van der Waals surface area contributed by atoms with Crippen LogP contribution in [0.15, 0.2) is 49.1 Å². The van der Waals surface area contributed by atoms with Crippen molar-refractivity contribution in [1.82, 2.24) is 40.3 Å². The molecule has 0 spiro atoms. The fourth-order valence-corrected chi connectivity index (χ4v) is 5.92. The van der Waals surface area contributed by atoms with Crippen LogP contribution in [0.4, 0.5) is 10.3 Å². The Morgan fingerprint density at radius 3 is 1.65 bits per heavy atom. The number of nitrogens with zero attached hydrogens (tertiary/aromatic N) is 6. The normalized spacial score (nSPS) is 11.3. The van der Waals surface area contributed by atoms with E-state index in [0.29, 0.717) is 10.3 Å². The van der Waals surface area contributed by atoms with Crippen LogP contribution in [0.1, 0.15) is 34.0 Å². The topological polar surface area (TPSA) is 167 Å². The summed E-state index contributed by atoms with van der Waals surface area (Å²) in [7, 11) is 0. The number of carbonyl (C=O) groups excluding carboxylic acids is 2. The van der Waals surface area contributed by atoms with Crippen molar-refractivity contribution in [3.05, 3.63) is 70.2 Å². The summed E-state index contributed by atoms with van der Waals surface area (Å²) in [6.07, 6.45) is 10.7. The smallest absolute Gasteiger partial charge is 0.230 e. The van der Waals surface area contributed by atoms with E-state index in [4.69, 9.17) is 0 Å².